The van der Waals surface area contributed by atoms with E-state index >= 15 is 0 Å². The number of hydrogen-bond donors (Lipinski definition) is 0. The van der Waals surface area contributed by atoms with Crippen LogP contribution in [0.15, 0.2) is 140 Å². The Hall–Kier alpha value is -5.41. The average Bonchev–Trinajstić information content (AvgIpc) is 3.30. The van der Waals surface area contributed by atoms with Gasteiger partial charge in [0.05, 0.1) is 0 Å². The van der Waals surface area contributed by atoms with Crippen LogP contribution >= 0.6 is 0 Å². The van der Waals surface area contributed by atoms with Gasteiger partial charge < -0.3 is 0 Å². The fourth-order valence-electron chi connectivity index (χ4n) is 7.63. The molecule has 0 saturated heterocycles. The van der Waals surface area contributed by atoms with E-state index in [1.165, 1.54) is 33.0 Å². The number of hydrogen-bond acceptors (Lipinski definition) is 3. The van der Waals surface area contributed by atoms with Crippen LogP contribution in [0.1, 0.15) is 45.2 Å². The molecule has 0 spiro atoms. The monoisotopic (exact) mass is 607 g/mol. The smallest absolute Gasteiger partial charge is 0.164 e. The van der Waals surface area contributed by atoms with Crippen LogP contribution in [0.3, 0.4) is 0 Å². The normalized spacial score (nSPS) is 14.6. The van der Waals surface area contributed by atoms with Crippen molar-refractivity contribution in [2.75, 3.05) is 0 Å². The molecule has 8 rings (SSSR count). The lowest BCUT2D eigenvalue weighted by Crippen LogP contribution is -2.17. The minimum atomic E-state index is 0.142. The van der Waals surface area contributed by atoms with Gasteiger partial charge in [-0.05, 0) is 67.5 Å². The molecule has 0 N–H and O–H groups in total. The predicted molar refractivity (Wildman–Crippen MR) is 195 cm³/mol. The van der Waals surface area contributed by atoms with Crippen LogP contribution in [0.5, 0.6) is 0 Å². The third-order valence-corrected chi connectivity index (χ3v) is 9.73. The highest BCUT2D eigenvalue weighted by atomic mass is 15.0. The largest absolute Gasteiger partial charge is 0.208 e. The Morgan fingerprint density at radius 1 is 0.404 bits per heavy atom. The SMILES string of the molecule is CC1(C)CC(C)(C)c2cc(-c3cccc(-c4nc(-c5ccccc5)nc(-c5ccc(-c6cccc7ccccc67)cc5)n4)c3)ccc21. The van der Waals surface area contributed by atoms with Crippen molar-refractivity contribution >= 4 is 10.8 Å². The van der Waals surface area contributed by atoms with Crippen LogP contribution in [0, 0.1) is 0 Å². The molecule has 6 aromatic carbocycles. The standard InChI is InChI=1S/C44H37N3/c1-43(2)28-44(3,4)39-27-34(24-25-38(39)43)33-16-10-17-35(26-33)42-46-40(31-13-6-5-7-14-31)45-41(47-42)32-22-20-30(21-23-32)37-19-11-15-29-12-8-9-18-36(29)37/h5-27H,28H2,1-4H3. The van der Waals surface area contributed by atoms with Gasteiger partial charge in [0.25, 0.3) is 0 Å². The van der Waals surface area contributed by atoms with Crippen LogP contribution in [-0.2, 0) is 10.8 Å². The van der Waals surface area contributed by atoms with Gasteiger partial charge in [0, 0.05) is 16.7 Å². The Balaban J connectivity index is 1.20. The minimum Gasteiger partial charge on any atom is -0.208 e. The fraction of sp³-hybridized carbons (Fsp3) is 0.159. The molecule has 1 aromatic heterocycles. The summed E-state index contributed by atoms with van der Waals surface area (Å²) in [6.07, 6.45) is 1.15. The molecule has 47 heavy (non-hydrogen) atoms. The first-order valence-electron chi connectivity index (χ1n) is 16.4. The van der Waals surface area contributed by atoms with Gasteiger partial charge in [0.2, 0.25) is 0 Å². The molecule has 3 heteroatoms. The fourth-order valence-corrected chi connectivity index (χ4v) is 7.63. The van der Waals surface area contributed by atoms with Crippen molar-refractivity contribution in [1.82, 2.24) is 15.0 Å². The maximum Gasteiger partial charge on any atom is 0.164 e. The van der Waals surface area contributed by atoms with E-state index < -0.39 is 0 Å². The number of fused-ring (bicyclic) bond motifs is 2. The Bertz CT molecular complexity index is 2260. The highest BCUT2D eigenvalue weighted by Crippen LogP contribution is 2.50. The predicted octanol–water partition coefficient (Wildman–Crippen LogP) is 11.3. The van der Waals surface area contributed by atoms with E-state index in [1.807, 2.05) is 18.2 Å². The maximum atomic E-state index is 5.06. The molecule has 0 saturated carbocycles. The van der Waals surface area contributed by atoms with Crippen LogP contribution in [0.25, 0.3) is 67.2 Å². The topological polar surface area (TPSA) is 38.7 Å². The van der Waals surface area contributed by atoms with E-state index in [4.69, 9.17) is 15.0 Å². The number of rotatable bonds is 5. The summed E-state index contributed by atoms with van der Waals surface area (Å²) in [5, 5.41) is 2.48. The Labute approximate surface area is 277 Å². The molecule has 0 unspecified atom stereocenters. The summed E-state index contributed by atoms with van der Waals surface area (Å²) in [7, 11) is 0. The van der Waals surface area contributed by atoms with E-state index in [-0.39, 0.29) is 10.8 Å². The van der Waals surface area contributed by atoms with Crippen molar-refractivity contribution in [2.45, 2.75) is 44.9 Å². The molecule has 0 bridgehead atoms. The van der Waals surface area contributed by atoms with E-state index in [9.17, 15) is 0 Å². The van der Waals surface area contributed by atoms with Gasteiger partial charge in [0.1, 0.15) is 0 Å². The Morgan fingerprint density at radius 2 is 0.915 bits per heavy atom. The van der Waals surface area contributed by atoms with Crippen molar-refractivity contribution in [3.05, 3.63) is 151 Å². The van der Waals surface area contributed by atoms with Gasteiger partial charge in [-0.1, -0.05) is 161 Å². The molecule has 1 heterocycles. The van der Waals surface area contributed by atoms with E-state index in [2.05, 4.69) is 149 Å². The second-order valence-corrected chi connectivity index (χ2v) is 14.1. The highest BCUT2D eigenvalue weighted by molar-refractivity contribution is 5.96. The molecule has 228 valence electrons. The molecule has 7 aromatic rings. The molecule has 3 nitrogen and oxygen atoms in total. The van der Waals surface area contributed by atoms with Crippen LogP contribution in [0.4, 0.5) is 0 Å². The molecule has 1 aliphatic rings. The van der Waals surface area contributed by atoms with Crippen molar-refractivity contribution in [1.29, 1.82) is 0 Å². The number of benzene rings is 6. The molecular weight excluding hydrogens is 571 g/mol. The summed E-state index contributed by atoms with van der Waals surface area (Å²) in [6.45, 7) is 9.46. The van der Waals surface area contributed by atoms with Crippen molar-refractivity contribution in [2.24, 2.45) is 0 Å². The summed E-state index contributed by atoms with van der Waals surface area (Å²) >= 11 is 0. The van der Waals surface area contributed by atoms with Gasteiger partial charge in [-0.2, -0.15) is 0 Å². The lowest BCUT2D eigenvalue weighted by Gasteiger charge is -2.22. The molecule has 0 aliphatic heterocycles. The molecule has 0 amide bonds. The molecule has 0 radical (unpaired) electrons. The summed E-state index contributed by atoms with van der Waals surface area (Å²) in [5.41, 5.74) is 10.9. The van der Waals surface area contributed by atoms with E-state index in [1.54, 1.807) is 0 Å². The zero-order valence-electron chi connectivity index (χ0n) is 27.3. The van der Waals surface area contributed by atoms with Gasteiger partial charge in [-0.25, -0.2) is 15.0 Å². The van der Waals surface area contributed by atoms with Gasteiger partial charge in [-0.15, -0.1) is 0 Å². The van der Waals surface area contributed by atoms with Crippen LogP contribution in [0.2, 0.25) is 0 Å². The Morgan fingerprint density at radius 3 is 1.68 bits per heavy atom. The third kappa shape index (κ3) is 5.32. The highest BCUT2D eigenvalue weighted by Gasteiger charge is 2.41. The zero-order chi connectivity index (χ0) is 32.2. The van der Waals surface area contributed by atoms with Gasteiger partial charge >= 0.3 is 0 Å². The summed E-state index contributed by atoms with van der Waals surface area (Å²) in [6, 6.07) is 49.3. The first-order valence-corrected chi connectivity index (χ1v) is 16.4. The van der Waals surface area contributed by atoms with Crippen LogP contribution < -0.4 is 0 Å². The average molecular weight is 608 g/mol. The summed E-state index contributed by atoms with van der Waals surface area (Å²) < 4.78 is 0. The van der Waals surface area contributed by atoms with Crippen LogP contribution in [-0.4, -0.2) is 15.0 Å². The lowest BCUT2D eigenvalue weighted by atomic mass is 9.82. The summed E-state index contributed by atoms with van der Waals surface area (Å²) in [5.74, 6) is 1.98. The second-order valence-electron chi connectivity index (χ2n) is 14.1. The zero-order valence-corrected chi connectivity index (χ0v) is 27.3. The van der Waals surface area contributed by atoms with E-state index in [0.717, 1.165) is 34.2 Å². The quantitative estimate of drug-likeness (QED) is 0.195. The number of aromatic nitrogens is 3. The van der Waals surface area contributed by atoms with Crippen molar-refractivity contribution < 1.29 is 0 Å². The summed E-state index contributed by atoms with van der Waals surface area (Å²) in [4.78, 5) is 15.1. The molecule has 0 fully saturated rings. The van der Waals surface area contributed by atoms with Crippen molar-refractivity contribution in [3.8, 4) is 56.4 Å². The molecular formula is C44H37N3. The first kappa shape index (κ1) is 29.0. The van der Waals surface area contributed by atoms with E-state index in [0.29, 0.717) is 17.5 Å². The first-order chi connectivity index (χ1) is 22.7. The minimum absolute atomic E-state index is 0.142. The lowest BCUT2D eigenvalue weighted by molar-refractivity contribution is 0.403. The third-order valence-electron chi connectivity index (χ3n) is 9.73. The van der Waals surface area contributed by atoms with Gasteiger partial charge in [-0.3, -0.25) is 0 Å². The number of nitrogens with zero attached hydrogens (tertiary/aromatic N) is 3. The second kappa shape index (κ2) is 11.1. The van der Waals surface area contributed by atoms with Crippen molar-refractivity contribution in [3.63, 3.8) is 0 Å². The molecule has 1 aliphatic carbocycles. The van der Waals surface area contributed by atoms with Gasteiger partial charge in [0.15, 0.2) is 17.5 Å². The molecule has 0 atom stereocenters. The maximum absolute atomic E-state index is 5.06. The Kier molecular flexibility index (Phi) is 6.88.